The van der Waals surface area contributed by atoms with E-state index in [0.717, 1.165) is 5.69 Å². The second-order valence-corrected chi connectivity index (χ2v) is 5.45. The van der Waals surface area contributed by atoms with Crippen LogP contribution in [0.4, 0.5) is 5.69 Å². The van der Waals surface area contributed by atoms with Gasteiger partial charge in [0.1, 0.15) is 0 Å². The normalized spacial score (nSPS) is 45.4. The highest BCUT2D eigenvalue weighted by atomic mass is 15.5. The molecule has 4 atom stereocenters. The predicted octanol–water partition coefficient (Wildman–Crippen LogP) is -1.62. The topological polar surface area (TPSA) is 100 Å². The lowest BCUT2D eigenvalue weighted by Crippen LogP contribution is -2.89. The molecule has 3 aliphatic rings. The van der Waals surface area contributed by atoms with Crippen molar-refractivity contribution in [3.8, 4) is 0 Å². The van der Waals surface area contributed by atoms with Crippen LogP contribution < -0.4 is 33.2 Å². The molecule has 2 aliphatic heterocycles. The first-order valence-electron chi connectivity index (χ1n) is 6.39. The fourth-order valence-electron chi connectivity index (χ4n) is 3.43. The summed E-state index contributed by atoms with van der Waals surface area (Å²) < 4.78 is 0. The van der Waals surface area contributed by atoms with Crippen LogP contribution in [0.15, 0.2) is 24.3 Å². The lowest BCUT2D eigenvalue weighted by atomic mass is 9.66. The van der Waals surface area contributed by atoms with Crippen molar-refractivity contribution in [2.45, 2.75) is 36.1 Å². The van der Waals surface area contributed by atoms with Crippen LogP contribution in [-0.2, 0) is 0 Å². The smallest absolute Gasteiger partial charge is 0.0553 e. The van der Waals surface area contributed by atoms with Crippen LogP contribution in [-0.4, -0.2) is 30.2 Å². The van der Waals surface area contributed by atoms with Crippen molar-refractivity contribution in [2.75, 3.05) is 5.73 Å². The second-order valence-electron chi connectivity index (χ2n) is 5.45. The van der Waals surface area contributed by atoms with Crippen molar-refractivity contribution in [3.05, 3.63) is 29.8 Å². The molecule has 4 rings (SSSR count). The summed E-state index contributed by atoms with van der Waals surface area (Å²) in [5, 5.41) is 0. The Morgan fingerprint density at radius 1 is 0.778 bits per heavy atom. The summed E-state index contributed by atoms with van der Waals surface area (Å²) >= 11 is 0. The van der Waals surface area contributed by atoms with E-state index in [9.17, 15) is 0 Å². The standard InChI is InChI=1S/C12H18N6/c13-6-3-1-5(2-4-6)7-9-11(17-15-9)8(14)12-10(7)16-18-12/h1-4,7-12,15-18H,13-14H2. The molecule has 4 unspecified atom stereocenters. The van der Waals surface area contributed by atoms with Gasteiger partial charge < -0.3 is 11.5 Å². The minimum absolute atomic E-state index is 0.146. The van der Waals surface area contributed by atoms with Crippen LogP contribution in [0.25, 0.3) is 0 Å². The number of anilines is 1. The number of rotatable bonds is 1. The van der Waals surface area contributed by atoms with Gasteiger partial charge in [0.05, 0.1) is 12.1 Å². The maximum Gasteiger partial charge on any atom is 0.0553 e. The zero-order chi connectivity index (χ0) is 12.3. The molecule has 6 nitrogen and oxygen atoms in total. The van der Waals surface area contributed by atoms with Crippen LogP contribution in [0, 0.1) is 0 Å². The van der Waals surface area contributed by atoms with Gasteiger partial charge in [-0.25, -0.2) is 0 Å². The van der Waals surface area contributed by atoms with Crippen LogP contribution in [0.3, 0.4) is 0 Å². The van der Waals surface area contributed by atoms with E-state index in [1.807, 2.05) is 12.1 Å². The Morgan fingerprint density at radius 2 is 1.28 bits per heavy atom. The average Bonchev–Trinajstić information content (AvgIpc) is 2.24. The molecule has 8 N–H and O–H groups in total. The molecule has 0 aromatic heterocycles. The van der Waals surface area contributed by atoms with Gasteiger partial charge in [0.25, 0.3) is 0 Å². The van der Waals surface area contributed by atoms with Crippen molar-refractivity contribution in [1.29, 1.82) is 0 Å². The third-order valence-corrected chi connectivity index (χ3v) is 4.53. The van der Waals surface area contributed by atoms with Gasteiger partial charge in [-0.1, -0.05) is 12.1 Å². The summed E-state index contributed by atoms with van der Waals surface area (Å²) in [6.07, 6.45) is 0. The number of hydrogen-bond acceptors (Lipinski definition) is 6. The molecule has 2 heterocycles. The van der Waals surface area contributed by atoms with Crippen molar-refractivity contribution in [1.82, 2.24) is 21.7 Å². The molecular weight excluding hydrogens is 228 g/mol. The summed E-state index contributed by atoms with van der Waals surface area (Å²) in [7, 11) is 0. The first-order valence-corrected chi connectivity index (χ1v) is 6.39. The number of hydrazine groups is 2. The van der Waals surface area contributed by atoms with Gasteiger partial charge in [0.2, 0.25) is 0 Å². The molecule has 0 bridgehead atoms. The van der Waals surface area contributed by atoms with E-state index in [-0.39, 0.29) is 6.04 Å². The lowest BCUT2D eigenvalue weighted by molar-refractivity contribution is 0.000911. The quantitative estimate of drug-likeness (QED) is 0.333. The number of nitrogens with two attached hydrogens (primary N) is 2. The fourth-order valence-corrected chi connectivity index (χ4v) is 3.43. The highest BCUT2D eigenvalue weighted by molar-refractivity contribution is 5.42. The fraction of sp³-hybridized carbons (Fsp3) is 0.500. The van der Waals surface area contributed by atoms with E-state index in [1.165, 1.54) is 5.56 Å². The average molecular weight is 246 g/mol. The third-order valence-electron chi connectivity index (χ3n) is 4.53. The van der Waals surface area contributed by atoms with E-state index < -0.39 is 0 Å². The molecule has 1 aromatic rings. The molecule has 0 amide bonds. The Bertz CT molecular complexity index is 440. The maximum atomic E-state index is 6.24. The maximum absolute atomic E-state index is 6.24. The molecule has 18 heavy (non-hydrogen) atoms. The molecular formula is C12H18N6. The summed E-state index contributed by atoms with van der Waals surface area (Å²) in [5.41, 5.74) is 27.2. The molecule has 6 heteroatoms. The second kappa shape index (κ2) is 3.66. The first kappa shape index (κ1) is 10.7. The minimum Gasteiger partial charge on any atom is -0.399 e. The van der Waals surface area contributed by atoms with Crippen LogP contribution in [0.5, 0.6) is 0 Å². The van der Waals surface area contributed by atoms with E-state index in [1.54, 1.807) is 0 Å². The summed E-state index contributed by atoms with van der Waals surface area (Å²) in [6, 6.07) is 9.76. The SMILES string of the molecule is Nc1ccc(C2C3NNC3C(N)C3NNC32)cc1. The number of fused-ring (bicyclic) bond motifs is 2. The number of benzene rings is 1. The van der Waals surface area contributed by atoms with Gasteiger partial charge in [-0.05, 0) is 17.7 Å². The number of nitrogens with one attached hydrogen (secondary N) is 4. The Kier molecular flexibility index (Phi) is 2.18. The van der Waals surface area contributed by atoms with E-state index in [4.69, 9.17) is 11.5 Å². The van der Waals surface area contributed by atoms with Gasteiger partial charge >= 0.3 is 0 Å². The molecule has 1 saturated carbocycles. The third kappa shape index (κ3) is 1.29. The van der Waals surface area contributed by atoms with Gasteiger partial charge in [0, 0.05) is 29.7 Å². The monoisotopic (exact) mass is 246 g/mol. The molecule has 0 radical (unpaired) electrons. The zero-order valence-corrected chi connectivity index (χ0v) is 9.93. The van der Waals surface area contributed by atoms with Gasteiger partial charge in [0.15, 0.2) is 0 Å². The van der Waals surface area contributed by atoms with Crippen molar-refractivity contribution in [3.63, 3.8) is 0 Å². The lowest BCUT2D eigenvalue weighted by Gasteiger charge is -2.61. The Hall–Kier alpha value is -1.18. The highest BCUT2D eigenvalue weighted by Gasteiger charge is 2.57. The minimum atomic E-state index is 0.146. The predicted molar refractivity (Wildman–Crippen MR) is 69.3 cm³/mol. The summed E-state index contributed by atoms with van der Waals surface area (Å²) in [5.74, 6) is 0.419. The largest absolute Gasteiger partial charge is 0.399 e. The van der Waals surface area contributed by atoms with E-state index in [0.29, 0.717) is 30.1 Å². The van der Waals surface area contributed by atoms with Crippen molar-refractivity contribution >= 4 is 5.69 Å². The molecule has 3 fully saturated rings. The molecule has 96 valence electrons. The van der Waals surface area contributed by atoms with E-state index in [2.05, 4.69) is 33.8 Å². The number of hydrogen-bond donors (Lipinski definition) is 6. The van der Waals surface area contributed by atoms with Gasteiger partial charge in [-0.15, -0.1) is 0 Å². The molecule has 2 saturated heterocycles. The van der Waals surface area contributed by atoms with Gasteiger partial charge in [-0.2, -0.15) is 0 Å². The van der Waals surface area contributed by atoms with Crippen molar-refractivity contribution in [2.24, 2.45) is 5.73 Å². The summed E-state index contributed by atoms with van der Waals surface area (Å²) in [4.78, 5) is 0. The van der Waals surface area contributed by atoms with Gasteiger partial charge in [-0.3, -0.25) is 21.7 Å². The van der Waals surface area contributed by atoms with Crippen LogP contribution in [0.2, 0.25) is 0 Å². The Labute approximate surface area is 105 Å². The Morgan fingerprint density at radius 3 is 1.72 bits per heavy atom. The van der Waals surface area contributed by atoms with E-state index >= 15 is 0 Å². The van der Waals surface area contributed by atoms with Crippen LogP contribution >= 0.6 is 0 Å². The van der Waals surface area contributed by atoms with Crippen molar-refractivity contribution < 1.29 is 0 Å². The summed E-state index contributed by atoms with van der Waals surface area (Å²) in [6.45, 7) is 0. The highest BCUT2D eigenvalue weighted by Crippen LogP contribution is 2.38. The molecule has 0 spiro atoms. The van der Waals surface area contributed by atoms with Crippen LogP contribution in [0.1, 0.15) is 11.5 Å². The molecule has 1 aliphatic carbocycles. The Balaban J connectivity index is 1.68. The molecule has 1 aromatic carbocycles. The zero-order valence-electron chi connectivity index (χ0n) is 9.93. The number of nitrogen functional groups attached to an aromatic ring is 1. The first-order chi connectivity index (χ1) is 8.75.